The Morgan fingerprint density at radius 2 is 1.93 bits per heavy atom. The number of hydrogen-bond acceptors (Lipinski definition) is 4. The Balaban J connectivity index is 1.60. The van der Waals surface area contributed by atoms with Crippen molar-refractivity contribution in [3.05, 3.63) is 53.4 Å². The molecule has 1 aromatic heterocycles. The summed E-state index contributed by atoms with van der Waals surface area (Å²) < 4.78 is 6.06. The number of oxazole rings is 1. The zero-order chi connectivity index (χ0) is 19.0. The molecule has 3 aromatic rings. The predicted octanol–water partition coefficient (Wildman–Crippen LogP) is 4.41. The summed E-state index contributed by atoms with van der Waals surface area (Å²) in [4.78, 5) is 18.2. The molecule has 0 bridgehead atoms. The number of hydrogen-bond donors (Lipinski definition) is 1. The van der Waals surface area contributed by atoms with Gasteiger partial charge in [-0.2, -0.15) is 0 Å². The van der Waals surface area contributed by atoms with E-state index in [0.29, 0.717) is 25.3 Å². The van der Waals surface area contributed by atoms with Crippen molar-refractivity contribution in [2.24, 2.45) is 5.92 Å². The number of rotatable bonds is 4. The largest absolute Gasteiger partial charge is 0.481 e. The van der Waals surface area contributed by atoms with E-state index in [-0.39, 0.29) is 5.92 Å². The van der Waals surface area contributed by atoms with Crippen LogP contribution in [-0.2, 0) is 11.3 Å². The van der Waals surface area contributed by atoms with Crippen LogP contribution in [0.4, 0.5) is 0 Å². The van der Waals surface area contributed by atoms with Gasteiger partial charge in [0.05, 0.1) is 11.6 Å². The fraction of sp³-hybridized carbons (Fsp3) is 0.364. The maximum absolute atomic E-state index is 11.1. The minimum atomic E-state index is -0.680. The van der Waals surface area contributed by atoms with E-state index in [0.717, 1.165) is 41.1 Å². The van der Waals surface area contributed by atoms with E-state index in [1.165, 1.54) is 5.39 Å². The maximum Gasteiger partial charge on any atom is 0.306 e. The van der Waals surface area contributed by atoms with Crippen molar-refractivity contribution in [1.29, 1.82) is 0 Å². The summed E-state index contributed by atoms with van der Waals surface area (Å²) in [6, 6.07) is 12.5. The second kappa shape index (κ2) is 7.16. The van der Waals surface area contributed by atoms with E-state index in [9.17, 15) is 4.79 Å². The first kappa shape index (κ1) is 17.7. The molecular formula is C22H24N2O3. The third kappa shape index (κ3) is 3.47. The minimum Gasteiger partial charge on any atom is -0.481 e. The molecule has 0 aliphatic carbocycles. The minimum absolute atomic E-state index is 0.214. The van der Waals surface area contributed by atoms with E-state index in [1.807, 2.05) is 19.1 Å². The molecule has 1 saturated heterocycles. The quantitative estimate of drug-likeness (QED) is 0.743. The highest BCUT2D eigenvalue weighted by Gasteiger charge is 2.26. The molecule has 1 aliphatic heterocycles. The summed E-state index contributed by atoms with van der Waals surface area (Å²) in [6.45, 7) is 6.30. The summed E-state index contributed by atoms with van der Waals surface area (Å²) in [5, 5.41) is 11.5. The van der Waals surface area contributed by atoms with Crippen molar-refractivity contribution in [3.63, 3.8) is 0 Å². The summed E-state index contributed by atoms with van der Waals surface area (Å²) in [7, 11) is 0. The van der Waals surface area contributed by atoms with Gasteiger partial charge in [-0.25, -0.2) is 4.98 Å². The first-order valence-electron chi connectivity index (χ1n) is 9.43. The molecule has 1 aliphatic rings. The van der Waals surface area contributed by atoms with Gasteiger partial charge in [-0.1, -0.05) is 36.4 Å². The van der Waals surface area contributed by atoms with Gasteiger partial charge in [-0.15, -0.1) is 0 Å². The third-order valence-electron chi connectivity index (χ3n) is 5.55. The highest BCUT2D eigenvalue weighted by molar-refractivity contribution is 5.96. The molecule has 1 N–H and O–H groups in total. The molecule has 4 rings (SSSR count). The smallest absolute Gasteiger partial charge is 0.306 e. The van der Waals surface area contributed by atoms with Gasteiger partial charge in [0, 0.05) is 12.1 Å². The fourth-order valence-electron chi connectivity index (χ4n) is 3.90. The number of nitrogens with zero attached hydrogens (tertiary/aromatic N) is 2. The maximum atomic E-state index is 11.1. The third-order valence-corrected chi connectivity index (χ3v) is 5.55. The van der Waals surface area contributed by atoms with Gasteiger partial charge >= 0.3 is 5.97 Å². The molecule has 1 fully saturated rings. The molecule has 5 nitrogen and oxygen atoms in total. The summed E-state index contributed by atoms with van der Waals surface area (Å²) in [5.41, 5.74) is 3.13. The summed E-state index contributed by atoms with van der Waals surface area (Å²) in [5.74, 6) is 0.601. The van der Waals surface area contributed by atoms with Crippen LogP contribution in [0.25, 0.3) is 22.2 Å². The molecule has 140 valence electrons. The Bertz CT molecular complexity index is 984. The highest BCUT2D eigenvalue weighted by atomic mass is 16.4. The van der Waals surface area contributed by atoms with Crippen LogP contribution >= 0.6 is 0 Å². The standard InChI is InChI=1S/C22H24N2O3/c1-14-7-8-16-5-3-4-6-18(16)20(14)21-23-19(15(2)27-21)13-24-11-9-17(10-12-24)22(25)26/h3-8,17H,9-13H2,1-2H3,(H,25,26). The molecule has 0 radical (unpaired) electrons. The number of carboxylic acid groups (broad SMARTS) is 1. The average Bonchev–Trinajstić information content (AvgIpc) is 3.02. The first-order valence-corrected chi connectivity index (χ1v) is 9.43. The van der Waals surface area contributed by atoms with Crippen molar-refractivity contribution >= 4 is 16.7 Å². The summed E-state index contributed by atoms with van der Waals surface area (Å²) >= 11 is 0. The summed E-state index contributed by atoms with van der Waals surface area (Å²) in [6.07, 6.45) is 1.39. The Hall–Kier alpha value is -2.66. The zero-order valence-electron chi connectivity index (χ0n) is 15.7. The van der Waals surface area contributed by atoms with Gasteiger partial charge in [-0.05, 0) is 56.1 Å². The van der Waals surface area contributed by atoms with Gasteiger partial charge in [0.25, 0.3) is 0 Å². The Morgan fingerprint density at radius 1 is 1.19 bits per heavy atom. The van der Waals surface area contributed by atoms with Gasteiger partial charge in [0.2, 0.25) is 5.89 Å². The molecule has 0 amide bonds. The second-order valence-corrected chi connectivity index (χ2v) is 7.39. The van der Waals surface area contributed by atoms with E-state index in [4.69, 9.17) is 14.5 Å². The van der Waals surface area contributed by atoms with Crippen LogP contribution in [-0.4, -0.2) is 34.0 Å². The lowest BCUT2D eigenvalue weighted by Crippen LogP contribution is -2.36. The molecule has 2 aromatic carbocycles. The van der Waals surface area contributed by atoms with Crippen molar-refractivity contribution in [2.45, 2.75) is 33.2 Å². The lowest BCUT2D eigenvalue weighted by atomic mass is 9.97. The predicted molar refractivity (Wildman–Crippen MR) is 105 cm³/mol. The molecule has 0 spiro atoms. The van der Waals surface area contributed by atoms with E-state index >= 15 is 0 Å². The number of carboxylic acids is 1. The Labute approximate surface area is 158 Å². The van der Waals surface area contributed by atoms with E-state index < -0.39 is 5.97 Å². The number of likely N-dealkylation sites (tertiary alicyclic amines) is 1. The van der Waals surface area contributed by atoms with Crippen LogP contribution in [0.15, 0.2) is 40.8 Å². The fourth-order valence-corrected chi connectivity index (χ4v) is 3.90. The van der Waals surface area contributed by atoms with Crippen LogP contribution < -0.4 is 0 Å². The van der Waals surface area contributed by atoms with Gasteiger partial charge < -0.3 is 9.52 Å². The zero-order valence-corrected chi connectivity index (χ0v) is 15.7. The average molecular weight is 364 g/mol. The first-order chi connectivity index (χ1) is 13.0. The Kier molecular flexibility index (Phi) is 4.70. The van der Waals surface area contributed by atoms with Gasteiger partial charge in [0.1, 0.15) is 5.76 Å². The number of aliphatic carboxylic acids is 1. The van der Waals surface area contributed by atoms with Crippen LogP contribution in [0, 0.1) is 19.8 Å². The molecule has 0 unspecified atom stereocenters. The SMILES string of the molecule is Cc1ccc2ccccc2c1-c1nc(CN2CCC(C(=O)O)CC2)c(C)o1. The monoisotopic (exact) mass is 364 g/mol. The van der Waals surface area contributed by atoms with Crippen molar-refractivity contribution in [2.75, 3.05) is 13.1 Å². The van der Waals surface area contributed by atoms with Crippen LogP contribution in [0.2, 0.25) is 0 Å². The van der Waals surface area contributed by atoms with E-state index in [2.05, 4.69) is 36.1 Å². The van der Waals surface area contributed by atoms with Crippen molar-refractivity contribution in [1.82, 2.24) is 9.88 Å². The highest BCUT2D eigenvalue weighted by Crippen LogP contribution is 2.33. The number of fused-ring (bicyclic) bond motifs is 1. The van der Waals surface area contributed by atoms with Crippen LogP contribution in [0.1, 0.15) is 29.9 Å². The van der Waals surface area contributed by atoms with E-state index in [1.54, 1.807) is 0 Å². The Morgan fingerprint density at radius 3 is 2.67 bits per heavy atom. The molecule has 5 heteroatoms. The lowest BCUT2D eigenvalue weighted by molar-refractivity contribution is -0.143. The number of carbonyl (C=O) groups is 1. The van der Waals surface area contributed by atoms with Gasteiger partial charge in [0.15, 0.2) is 0 Å². The lowest BCUT2D eigenvalue weighted by Gasteiger charge is -2.29. The molecular weight excluding hydrogens is 340 g/mol. The molecule has 0 saturated carbocycles. The number of aromatic nitrogens is 1. The topological polar surface area (TPSA) is 66.6 Å². The van der Waals surface area contributed by atoms with Crippen LogP contribution in [0.5, 0.6) is 0 Å². The number of aryl methyl sites for hydroxylation is 2. The van der Waals surface area contributed by atoms with Crippen LogP contribution in [0.3, 0.4) is 0 Å². The number of benzene rings is 2. The second-order valence-electron chi connectivity index (χ2n) is 7.39. The van der Waals surface area contributed by atoms with Crippen molar-refractivity contribution < 1.29 is 14.3 Å². The molecule has 0 atom stereocenters. The molecule has 27 heavy (non-hydrogen) atoms. The van der Waals surface area contributed by atoms with Gasteiger partial charge in [-0.3, -0.25) is 9.69 Å². The number of piperidine rings is 1. The normalized spacial score (nSPS) is 16.1. The molecule has 2 heterocycles. The van der Waals surface area contributed by atoms with Crippen molar-refractivity contribution in [3.8, 4) is 11.5 Å².